The fraction of sp³-hybridized carbons (Fsp3) is 0.111. The van der Waals surface area contributed by atoms with Crippen LogP contribution in [0.25, 0.3) is 22.0 Å². The van der Waals surface area contributed by atoms with Crippen LogP contribution >= 0.6 is 11.6 Å². The zero-order valence-corrected chi connectivity index (χ0v) is 13.3. The summed E-state index contributed by atoms with van der Waals surface area (Å²) < 4.78 is 0. The molecule has 2 aromatic heterocycles. The quantitative estimate of drug-likeness (QED) is 0.520. The fourth-order valence-electron chi connectivity index (χ4n) is 2.55. The Kier molecular flexibility index (Phi) is 3.81. The van der Waals surface area contributed by atoms with Crippen molar-refractivity contribution in [2.24, 2.45) is 0 Å². The van der Waals surface area contributed by atoms with E-state index in [9.17, 15) is 10.1 Å². The molecule has 0 spiro atoms. The molecule has 2 heterocycles. The number of fused-ring (bicyclic) bond motifs is 1. The number of ketones is 1. The van der Waals surface area contributed by atoms with E-state index in [4.69, 9.17) is 11.6 Å². The van der Waals surface area contributed by atoms with Crippen LogP contribution in [0.2, 0.25) is 5.15 Å². The maximum absolute atomic E-state index is 11.9. The number of carbonyl (C=O) groups excluding carboxylic acids is 1. The van der Waals surface area contributed by atoms with Crippen LogP contribution < -0.4 is 0 Å². The van der Waals surface area contributed by atoms with E-state index in [1.165, 1.54) is 6.92 Å². The van der Waals surface area contributed by atoms with Gasteiger partial charge in [-0.05, 0) is 49.7 Å². The number of benzene rings is 1. The third-order valence-corrected chi connectivity index (χ3v) is 3.83. The zero-order valence-electron chi connectivity index (χ0n) is 12.6. The van der Waals surface area contributed by atoms with Crippen LogP contribution in [0, 0.1) is 18.3 Å². The van der Waals surface area contributed by atoms with Gasteiger partial charge in [0.25, 0.3) is 0 Å². The molecule has 0 aliphatic heterocycles. The number of nitrogens with zero attached hydrogens (tertiary/aromatic N) is 3. The third kappa shape index (κ3) is 2.79. The van der Waals surface area contributed by atoms with Gasteiger partial charge in [-0.1, -0.05) is 11.6 Å². The molecule has 0 aliphatic rings. The average Bonchev–Trinajstić information content (AvgIpc) is 2.53. The van der Waals surface area contributed by atoms with E-state index in [1.54, 1.807) is 18.3 Å². The highest BCUT2D eigenvalue weighted by atomic mass is 35.5. The standard InChI is InChI=1S/C18H12ClN3O/c1-10-5-13(11(2)23)15-7-14(12-3-4-18(19)21-9-12)17(8-20)22-16(15)6-10/h3-7,9H,1-2H3. The molecule has 0 atom stereocenters. The summed E-state index contributed by atoms with van der Waals surface area (Å²) in [5.74, 6) is -0.0367. The number of aromatic nitrogens is 2. The van der Waals surface area contributed by atoms with Crippen molar-refractivity contribution in [3.05, 3.63) is 58.5 Å². The van der Waals surface area contributed by atoms with Crippen LogP contribution in [0.1, 0.15) is 28.5 Å². The summed E-state index contributed by atoms with van der Waals surface area (Å²) >= 11 is 5.82. The first-order valence-corrected chi connectivity index (χ1v) is 7.36. The van der Waals surface area contributed by atoms with E-state index in [-0.39, 0.29) is 5.78 Å². The number of nitriles is 1. The number of rotatable bonds is 2. The summed E-state index contributed by atoms with van der Waals surface area (Å²) in [7, 11) is 0. The first-order valence-electron chi connectivity index (χ1n) is 6.98. The van der Waals surface area contributed by atoms with Crippen molar-refractivity contribution in [2.75, 3.05) is 0 Å². The molecule has 0 bridgehead atoms. The van der Waals surface area contributed by atoms with Crippen molar-refractivity contribution in [1.82, 2.24) is 9.97 Å². The molecule has 23 heavy (non-hydrogen) atoms. The van der Waals surface area contributed by atoms with E-state index >= 15 is 0 Å². The van der Waals surface area contributed by atoms with Crippen molar-refractivity contribution >= 4 is 28.3 Å². The van der Waals surface area contributed by atoms with Crippen LogP contribution in [0.4, 0.5) is 0 Å². The molecule has 0 fully saturated rings. The minimum atomic E-state index is -0.0367. The second-order valence-electron chi connectivity index (χ2n) is 5.30. The number of aryl methyl sites for hydroxylation is 1. The highest BCUT2D eigenvalue weighted by Gasteiger charge is 2.14. The SMILES string of the molecule is CC(=O)c1cc(C)cc2nc(C#N)c(-c3ccc(Cl)nc3)cc12. The topological polar surface area (TPSA) is 66.6 Å². The Morgan fingerprint density at radius 2 is 2.04 bits per heavy atom. The number of carbonyl (C=O) groups is 1. The Morgan fingerprint density at radius 1 is 1.26 bits per heavy atom. The lowest BCUT2D eigenvalue weighted by molar-refractivity contribution is 0.101. The summed E-state index contributed by atoms with van der Waals surface area (Å²) in [6.45, 7) is 3.42. The van der Waals surface area contributed by atoms with Gasteiger partial charge in [-0.2, -0.15) is 5.26 Å². The fourth-order valence-corrected chi connectivity index (χ4v) is 2.66. The Morgan fingerprint density at radius 3 is 2.65 bits per heavy atom. The molecule has 3 aromatic rings. The summed E-state index contributed by atoms with van der Waals surface area (Å²) in [6.07, 6.45) is 1.59. The van der Waals surface area contributed by atoms with E-state index in [2.05, 4.69) is 16.0 Å². The van der Waals surface area contributed by atoms with Crippen LogP contribution in [-0.2, 0) is 0 Å². The van der Waals surface area contributed by atoms with Crippen molar-refractivity contribution in [1.29, 1.82) is 5.26 Å². The minimum Gasteiger partial charge on any atom is -0.294 e. The van der Waals surface area contributed by atoms with Gasteiger partial charge < -0.3 is 0 Å². The van der Waals surface area contributed by atoms with Gasteiger partial charge in [0.2, 0.25) is 0 Å². The van der Waals surface area contributed by atoms with Crippen LogP contribution in [0.15, 0.2) is 36.5 Å². The lowest BCUT2D eigenvalue weighted by Crippen LogP contribution is -1.99. The number of halogens is 1. The molecule has 0 radical (unpaired) electrons. The monoisotopic (exact) mass is 321 g/mol. The smallest absolute Gasteiger partial charge is 0.160 e. The van der Waals surface area contributed by atoms with Gasteiger partial charge in [-0.15, -0.1) is 0 Å². The molecule has 0 N–H and O–H groups in total. The normalized spacial score (nSPS) is 10.5. The average molecular weight is 322 g/mol. The molecular formula is C18H12ClN3O. The zero-order chi connectivity index (χ0) is 16.6. The van der Waals surface area contributed by atoms with E-state index in [0.717, 1.165) is 16.5 Å². The first-order chi connectivity index (χ1) is 11.0. The van der Waals surface area contributed by atoms with Gasteiger partial charge in [0.15, 0.2) is 5.78 Å². The molecule has 0 unspecified atom stereocenters. The Bertz CT molecular complexity index is 972. The molecule has 5 heteroatoms. The Hall–Kier alpha value is -2.77. The Labute approximate surface area is 138 Å². The van der Waals surface area contributed by atoms with Gasteiger partial charge in [-0.25, -0.2) is 9.97 Å². The second-order valence-corrected chi connectivity index (χ2v) is 5.69. The van der Waals surface area contributed by atoms with Crippen LogP contribution in [-0.4, -0.2) is 15.8 Å². The lowest BCUT2D eigenvalue weighted by Gasteiger charge is -2.10. The number of pyridine rings is 2. The predicted octanol–water partition coefficient (Wildman–Crippen LogP) is 4.33. The molecule has 112 valence electrons. The van der Waals surface area contributed by atoms with Crippen LogP contribution in [0.5, 0.6) is 0 Å². The summed E-state index contributed by atoms with van der Waals surface area (Å²) in [5, 5.41) is 10.5. The molecule has 0 aliphatic carbocycles. The van der Waals surface area contributed by atoms with Gasteiger partial charge in [0.1, 0.15) is 16.9 Å². The maximum atomic E-state index is 11.9. The highest BCUT2D eigenvalue weighted by molar-refractivity contribution is 6.29. The number of hydrogen-bond donors (Lipinski definition) is 0. The van der Waals surface area contributed by atoms with Gasteiger partial charge >= 0.3 is 0 Å². The molecule has 3 rings (SSSR count). The highest BCUT2D eigenvalue weighted by Crippen LogP contribution is 2.29. The molecule has 1 aromatic carbocycles. The minimum absolute atomic E-state index is 0.0367. The molecular weight excluding hydrogens is 310 g/mol. The first kappa shape index (κ1) is 15.1. The van der Waals surface area contributed by atoms with Gasteiger partial charge in [0.05, 0.1) is 5.52 Å². The van der Waals surface area contributed by atoms with Crippen molar-refractivity contribution in [3.63, 3.8) is 0 Å². The van der Waals surface area contributed by atoms with Crippen molar-refractivity contribution in [2.45, 2.75) is 13.8 Å². The van der Waals surface area contributed by atoms with Gasteiger partial charge in [-0.3, -0.25) is 4.79 Å². The van der Waals surface area contributed by atoms with Crippen molar-refractivity contribution < 1.29 is 4.79 Å². The van der Waals surface area contributed by atoms with E-state index in [1.807, 2.05) is 25.1 Å². The Balaban J connectivity index is 2.36. The van der Waals surface area contributed by atoms with Crippen molar-refractivity contribution in [3.8, 4) is 17.2 Å². The lowest BCUT2D eigenvalue weighted by atomic mass is 9.97. The summed E-state index contributed by atoms with van der Waals surface area (Å²) in [4.78, 5) is 20.4. The predicted molar refractivity (Wildman–Crippen MR) is 89.4 cm³/mol. The largest absolute Gasteiger partial charge is 0.294 e. The van der Waals surface area contributed by atoms with E-state index in [0.29, 0.717) is 27.5 Å². The van der Waals surface area contributed by atoms with Crippen LogP contribution in [0.3, 0.4) is 0 Å². The molecule has 4 nitrogen and oxygen atoms in total. The second kappa shape index (κ2) is 5.79. The molecule has 0 saturated heterocycles. The molecule has 0 amide bonds. The number of Topliss-reactive ketones (excluding diaryl/α,β-unsaturated/α-hetero) is 1. The van der Waals surface area contributed by atoms with Gasteiger partial charge in [0, 0.05) is 28.3 Å². The summed E-state index contributed by atoms with van der Waals surface area (Å²) in [6, 6.07) is 11.1. The molecule has 0 saturated carbocycles. The maximum Gasteiger partial charge on any atom is 0.160 e. The summed E-state index contributed by atoms with van der Waals surface area (Å²) in [5.41, 5.74) is 3.82. The number of hydrogen-bond acceptors (Lipinski definition) is 4. The van der Waals surface area contributed by atoms with E-state index < -0.39 is 0 Å². The third-order valence-electron chi connectivity index (χ3n) is 3.60.